The summed E-state index contributed by atoms with van der Waals surface area (Å²) in [5.41, 5.74) is 0. The van der Waals surface area contributed by atoms with Gasteiger partial charge in [-0.3, -0.25) is 0 Å². The van der Waals surface area contributed by atoms with Crippen molar-refractivity contribution in [1.29, 1.82) is 0 Å². The summed E-state index contributed by atoms with van der Waals surface area (Å²) < 4.78 is 24.9. The molecular weight excluding hydrogens is 246 g/mol. The summed E-state index contributed by atoms with van der Waals surface area (Å²) in [7, 11) is -0.979. The average molecular weight is 273 g/mol. The quantitative estimate of drug-likeness (QED) is 0.837. The standard InChI is InChI=1S/C14H27NO2S/c1-15-14(12-7-5-6-8-12)11-18(16,17)13-9-3-2-4-10-13/h12-15H,2-11H2,1H3. The van der Waals surface area contributed by atoms with E-state index in [1.165, 1.54) is 32.1 Å². The molecule has 1 N–H and O–H groups in total. The minimum Gasteiger partial charge on any atom is -0.316 e. The molecule has 0 spiro atoms. The van der Waals surface area contributed by atoms with Crippen molar-refractivity contribution in [3.8, 4) is 0 Å². The predicted molar refractivity (Wildman–Crippen MR) is 75.5 cm³/mol. The van der Waals surface area contributed by atoms with Crippen molar-refractivity contribution in [2.45, 2.75) is 69.1 Å². The van der Waals surface area contributed by atoms with Gasteiger partial charge in [-0.25, -0.2) is 8.42 Å². The molecule has 18 heavy (non-hydrogen) atoms. The molecule has 106 valence electrons. The van der Waals surface area contributed by atoms with Gasteiger partial charge in [-0.2, -0.15) is 0 Å². The third-order valence-corrected chi connectivity index (χ3v) is 7.12. The van der Waals surface area contributed by atoms with E-state index in [9.17, 15) is 8.42 Å². The SMILES string of the molecule is CNC(CS(=O)(=O)C1CCCCC1)C1CCCC1. The van der Waals surface area contributed by atoms with Crippen molar-refractivity contribution in [2.75, 3.05) is 12.8 Å². The molecule has 1 unspecified atom stereocenters. The molecular formula is C14H27NO2S. The highest BCUT2D eigenvalue weighted by Gasteiger charge is 2.33. The Hall–Kier alpha value is -0.0900. The predicted octanol–water partition coefficient (Wildman–Crippen LogP) is 2.51. The first-order chi connectivity index (χ1) is 8.63. The van der Waals surface area contributed by atoms with Gasteiger partial charge in [0.15, 0.2) is 9.84 Å². The van der Waals surface area contributed by atoms with Gasteiger partial charge in [-0.15, -0.1) is 0 Å². The zero-order chi connectivity index (χ0) is 13.0. The van der Waals surface area contributed by atoms with Crippen LogP contribution in [0.15, 0.2) is 0 Å². The Bertz CT molecular complexity index is 341. The summed E-state index contributed by atoms with van der Waals surface area (Å²) in [6, 6.07) is 0.180. The Labute approximate surface area is 112 Å². The molecule has 0 aromatic rings. The minimum atomic E-state index is -2.89. The lowest BCUT2D eigenvalue weighted by molar-refractivity contribution is 0.399. The number of hydrogen-bond donors (Lipinski definition) is 1. The molecule has 0 aromatic heterocycles. The molecule has 2 fully saturated rings. The molecule has 3 nitrogen and oxygen atoms in total. The van der Waals surface area contributed by atoms with Crippen LogP contribution in [-0.4, -0.2) is 32.5 Å². The molecule has 2 rings (SSSR count). The first kappa shape index (κ1) is 14.3. The van der Waals surface area contributed by atoms with Crippen LogP contribution < -0.4 is 5.32 Å². The van der Waals surface area contributed by atoms with E-state index in [2.05, 4.69) is 5.32 Å². The second-order valence-corrected chi connectivity index (χ2v) is 8.35. The Morgan fingerprint density at radius 3 is 2.11 bits per heavy atom. The molecule has 0 heterocycles. The lowest BCUT2D eigenvalue weighted by atomic mass is 10.00. The molecule has 0 aromatic carbocycles. The molecule has 2 saturated carbocycles. The van der Waals surface area contributed by atoms with Gasteiger partial charge in [-0.1, -0.05) is 32.1 Å². The van der Waals surface area contributed by atoms with Crippen LogP contribution in [0, 0.1) is 5.92 Å². The summed E-state index contributed by atoms with van der Waals surface area (Å²) in [6.07, 6.45) is 10.1. The number of hydrogen-bond acceptors (Lipinski definition) is 3. The van der Waals surface area contributed by atoms with Crippen LogP contribution in [0.25, 0.3) is 0 Å². The molecule has 0 saturated heterocycles. The molecule has 2 aliphatic rings. The van der Waals surface area contributed by atoms with Crippen LogP contribution in [0.3, 0.4) is 0 Å². The van der Waals surface area contributed by atoms with Gasteiger partial charge in [0.05, 0.1) is 11.0 Å². The third-order valence-electron chi connectivity index (χ3n) is 4.81. The molecule has 4 heteroatoms. The summed E-state index contributed by atoms with van der Waals surface area (Å²) in [6.45, 7) is 0. The fourth-order valence-corrected chi connectivity index (χ4v) is 5.89. The van der Waals surface area contributed by atoms with Crippen molar-refractivity contribution in [3.05, 3.63) is 0 Å². The minimum absolute atomic E-state index is 0.0523. The van der Waals surface area contributed by atoms with Crippen molar-refractivity contribution in [1.82, 2.24) is 5.32 Å². The van der Waals surface area contributed by atoms with Crippen LogP contribution in [0.4, 0.5) is 0 Å². The van der Waals surface area contributed by atoms with Gasteiger partial charge in [0.25, 0.3) is 0 Å². The maximum Gasteiger partial charge on any atom is 0.154 e. The van der Waals surface area contributed by atoms with Crippen molar-refractivity contribution < 1.29 is 8.42 Å². The molecule has 0 aliphatic heterocycles. The zero-order valence-corrected chi connectivity index (χ0v) is 12.3. The van der Waals surface area contributed by atoms with Crippen LogP contribution in [0.1, 0.15) is 57.8 Å². The highest BCUT2D eigenvalue weighted by Crippen LogP contribution is 2.30. The topological polar surface area (TPSA) is 46.2 Å². The van der Waals surface area contributed by atoms with Crippen LogP contribution in [0.5, 0.6) is 0 Å². The molecule has 0 radical (unpaired) electrons. The average Bonchev–Trinajstić information content (AvgIpc) is 2.91. The van der Waals surface area contributed by atoms with E-state index >= 15 is 0 Å². The normalized spacial score (nSPS) is 25.4. The monoisotopic (exact) mass is 273 g/mol. The summed E-state index contributed by atoms with van der Waals surface area (Å²) >= 11 is 0. The van der Waals surface area contributed by atoms with Crippen LogP contribution in [-0.2, 0) is 9.84 Å². The Kier molecular flexibility index (Phi) is 5.07. The van der Waals surface area contributed by atoms with E-state index < -0.39 is 9.84 Å². The van der Waals surface area contributed by atoms with Crippen LogP contribution >= 0.6 is 0 Å². The smallest absolute Gasteiger partial charge is 0.154 e. The Morgan fingerprint density at radius 1 is 1.00 bits per heavy atom. The highest BCUT2D eigenvalue weighted by atomic mass is 32.2. The summed E-state index contributed by atoms with van der Waals surface area (Å²) in [5.74, 6) is 0.937. The summed E-state index contributed by atoms with van der Waals surface area (Å²) in [5, 5.41) is 3.21. The van der Waals surface area contributed by atoms with Gasteiger partial charge < -0.3 is 5.32 Å². The second kappa shape index (κ2) is 6.38. The van der Waals surface area contributed by atoms with E-state index in [-0.39, 0.29) is 11.3 Å². The van der Waals surface area contributed by atoms with E-state index in [4.69, 9.17) is 0 Å². The Balaban J connectivity index is 1.96. The fourth-order valence-electron chi connectivity index (χ4n) is 3.63. The number of sulfone groups is 1. The van der Waals surface area contributed by atoms with Gasteiger partial charge in [0, 0.05) is 6.04 Å². The molecule has 2 aliphatic carbocycles. The lowest BCUT2D eigenvalue weighted by Gasteiger charge is -2.27. The van der Waals surface area contributed by atoms with Gasteiger partial charge >= 0.3 is 0 Å². The second-order valence-electron chi connectivity index (χ2n) is 6.03. The van der Waals surface area contributed by atoms with Crippen molar-refractivity contribution >= 4 is 9.84 Å². The maximum atomic E-state index is 12.5. The van der Waals surface area contributed by atoms with Gasteiger partial charge in [0.2, 0.25) is 0 Å². The van der Waals surface area contributed by atoms with E-state index in [1.807, 2.05) is 7.05 Å². The zero-order valence-electron chi connectivity index (χ0n) is 11.5. The first-order valence-corrected chi connectivity index (χ1v) is 9.24. The number of rotatable bonds is 5. The van der Waals surface area contributed by atoms with E-state index in [0.717, 1.165) is 25.7 Å². The Morgan fingerprint density at radius 2 is 1.56 bits per heavy atom. The molecule has 1 atom stereocenters. The fraction of sp³-hybridized carbons (Fsp3) is 1.00. The van der Waals surface area contributed by atoms with E-state index in [0.29, 0.717) is 11.7 Å². The number of nitrogens with one attached hydrogen (secondary N) is 1. The van der Waals surface area contributed by atoms with E-state index in [1.54, 1.807) is 0 Å². The lowest BCUT2D eigenvalue weighted by Crippen LogP contribution is -2.41. The maximum absolute atomic E-state index is 12.5. The third kappa shape index (κ3) is 3.47. The molecule has 0 bridgehead atoms. The van der Waals surface area contributed by atoms with Crippen molar-refractivity contribution in [3.63, 3.8) is 0 Å². The van der Waals surface area contributed by atoms with Gasteiger partial charge in [-0.05, 0) is 38.6 Å². The largest absolute Gasteiger partial charge is 0.316 e. The van der Waals surface area contributed by atoms with Crippen molar-refractivity contribution in [2.24, 2.45) is 5.92 Å². The van der Waals surface area contributed by atoms with Gasteiger partial charge in [0.1, 0.15) is 0 Å². The van der Waals surface area contributed by atoms with Crippen LogP contribution in [0.2, 0.25) is 0 Å². The summed E-state index contributed by atoms with van der Waals surface area (Å²) in [4.78, 5) is 0. The molecule has 0 amide bonds. The highest BCUT2D eigenvalue weighted by molar-refractivity contribution is 7.92. The first-order valence-electron chi connectivity index (χ1n) is 7.52.